The highest BCUT2D eigenvalue weighted by atomic mass is 16.5. The zero-order valence-electron chi connectivity index (χ0n) is 10.7. The van der Waals surface area contributed by atoms with Crippen LogP contribution >= 0.6 is 0 Å². The molecule has 0 amide bonds. The van der Waals surface area contributed by atoms with E-state index in [1.165, 1.54) is 19.3 Å². The van der Waals surface area contributed by atoms with Gasteiger partial charge in [0, 0.05) is 5.56 Å². The molecule has 0 spiro atoms. The van der Waals surface area contributed by atoms with Gasteiger partial charge in [-0.2, -0.15) is 0 Å². The maximum atomic E-state index is 6.01. The van der Waals surface area contributed by atoms with Gasteiger partial charge in [0.2, 0.25) is 0 Å². The fraction of sp³-hybridized carbons (Fsp3) is 0.769. The van der Waals surface area contributed by atoms with Crippen molar-refractivity contribution in [2.75, 3.05) is 6.54 Å². The minimum absolute atomic E-state index is 0.308. The fourth-order valence-corrected chi connectivity index (χ4v) is 2.56. The van der Waals surface area contributed by atoms with Crippen molar-refractivity contribution >= 4 is 0 Å². The second kappa shape index (κ2) is 5.65. The van der Waals surface area contributed by atoms with E-state index >= 15 is 0 Å². The van der Waals surface area contributed by atoms with Gasteiger partial charge in [0.1, 0.15) is 5.76 Å². The summed E-state index contributed by atoms with van der Waals surface area (Å²) in [6.07, 6.45) is 5.17. The normalized spacial score (nSPS) is 25.1. The molecule has 0 aromatic carbocycles. The second-order valence-electron chi connectivity index (χ2n) is 4.93. The summed E-state index contributed by atoms with van der Waals surface area (Å²) in [7, 11) is 0. The third-order valence-electron chi connectivity index (χ3n) is 3.77. The lowest BCUT2D eigenvalue weighted by atomic mass is 9.86. The summed E-state index contributed by atoms with van der Waals surface area (Å²) >= 11 is 0. The number of ether oxygens (including phenoxy) is 1. The molecule has 96 valence electrons. The average Bonchev–Trinajstić information content (AvgIpc) is 2.67. The molecule has 1 aliphatic rings. The largest absolute Gasteiger partial charge is 0.373 e. The van der Waals surface area contributed by atoms with Gasteiger partial charge < -0.3 is 15.0 Å². The van der Waals surface area contributed by atoms with Crippen LogP contribution in [0.1, 0.15) is 42.7 Å². The Morgan fingerprint density at radius 2 is 2.12 bits per heavy atom. The predicted octanol–water partition coefficient (Wildman–Crippen LogP) is 2.33. The van der Waals surface area contributed by atoms with E-state index in [9.17, 15) is 0 Å². The molecule has 4 nitrogen and oxygen atoms in total. The predicted molar refractivity (Wildman–Crippen MR) is 65.6 cm³/mol. The summed E-state index contributed by atoms with van der Waals surface area (Å²) in [5, 5.41) is 3.94. The molecule has 0 saturated heterocycles. The van der Waals surface area contributed by atoms with Crippen LogP contribution in [0.2, 0.25) is 0 Å². The van der Waals surface area contributed by atoms with Crippen LogP contribution in [0.5, 0.6) is 0 Å². The average molecular weight is 238 g/mol. The highest BCUT2D eigenvalue weighted by Gasteiger charge is 2.25. The Kier molecular flexibility index (Phi) is 4.18. The maximum absolute atomic E-state index is 6.01. The molecular weight excluding hydrogens is 216 g/mol. The summed E-state index contributed by atoms with van der Waals surface area (Å²) in [6.45, 7) is 5.21. The van der Waals surface area contributed by atoms with Crippen LogP contribution in [0.3, 0.4) is 0 Å². The third kappa shape index (κ3) is 2.87. The minimum atomic E-state index is 0.308. The first kappa shape index (κ1) is 12.6. The van der Waals surface area contributed by atoms with Gasteiger partial charge in [-0.3, -0.25) is 0 Å². The Balaban J connectivity index is 1.92. The van der Waals surface area contributed by atoms with Crippen LogP contribution in [0.4, 0.5) is 0 Å². The van der Waals surface area contributed by atoms with Crippen LogP contribution < -0.4 is 5.73 Å². The van der Waals surface area contributed by atoms with Crippen molar-refractivity contribution in [3.63, 3.8) is 0 Å². The van der Waals surface area contributed by atoms with E-state index in [0.29, 0.717) is 18.6 Å². The van der Waals surface area contributed by atoms with Gasteiger partial charge in [-0.15, -0.1) is 0 Å². The molecule has 1 fully saturated rings. The minimum Gasteiger partial charge on any atom is -0.373 e. The molecule has 4 heteroatoms. The number of aryl methyl sites for hydroxylation is 2. The van der Waals surface area contributed by atoms with Gasteiger partial charge in [-0.05, 0) is 39.2 Å². The lowest BCUT2D eigenvalue weighted by Crippen LogP contribution is -2.33. The molecule has 0 bridgehead atoms. The fourth-order valence-electron chi connectivity index (χ4n) is 2.56. The van der Waals surface area contributed by atoms with Crippen LogP contribution in [0, 0.1) is 19.8 Å². The van der Waals surface area contributed by atoms with Crippen molar-refractivity contribution in [3.8, 4) is 0 Å². The molecule has 2 N–H and O–H groups in total. The lowest BCUT2D eigenvalue weighted by molar-refractivity contribution is -0.0188. The molecule has 1 aromatic rings. The summed E-state index contributed by atoms with van der Waals surface area (Å²) in [5.74, 6) is 1.38. The summed E-state index contributed by atoms with van der Waals surface area (Å²) in [5.41, 5.74) is 7.81. The van der Waals surface area contributed by atoms with Gasteiger partial charge >= 0.3 is 0 Å². The quantitative estimate of drug-likeness (QED) is 0.874. The van der Waals surface area contributed by atoms with E-state index in [-0.39, 0.29) is 0 Å². The third-order valence-corrected chi connectivity index (χ3v) is 3.77. The van der Waals surface area contributed by atoms with Crippen molar-refractivity contribution in [2.24, 2.45) is 11.7 Å². The van der Waals surface area contributed by atoms with Gasteiger partial charge in [0.25, 0.3) is 0 Å². The first-order chi connectivity index (χ1) is 8.22. The molecule has 2 rings (SSSR count). The van der Waals surface area contributed by atoms with E-state index in [4.69, 9.17) is 15.0 Å². The van der Waals surface area contributed by atoms with Gasteiger partial charge in [0.15, 0.2) is 0 Å². The zero-order chi connectivity index (χ0) is 12.3. The Bertz CT molecular complexity index is 343. The van der Waals surface area contributed by atoms with Crippen molar-refractivity contribution in [1.82, 2.24) is 5.16 Å². The van der Waals surface area contributed by atoms with Crippen molar-refractivity contribution in [2.45, 2.75) is 52.2 Å². The van der Waals surface area contributed by atoms with Crippen molar-refractivity contribution in [3.05, 3.63) is 17.0 Å². The summed E-state index contributed by atoms with van der Waals surface area (Å²) < 4.78 is 11.1. The van der Waals surface area contributed by atoms with E-state index in [0.717, 1.165) is 30.0 Å². The Morgan fingerprint density at radius 3 is 2.76 bits per heavy atom. The summed E-state index contributed by atoms with van der Waals surface area (Å²) in [4.78, 5) is 0. The molecule has 0 radical (unpaired) electrons. The van der Waals surface area contributed by atoms with Crippen LogP contribution in [0.15, 0.2) is 4.52 Å². The number of hydrogen-bond acceptors (Lipinski definition) is 4. The molecule has 2 atom stereocenters. The topological polar surface area (TPSA) is 61.3 Å². The molecule has 1 saturated carbocycles. The molecule has 0 aliphatic heterocycles. The van der Waals surface area contributed by atoms with E-state index < -0.39 is 0 Å². The number of hydrogen-bond donors (Lipinski definition) is 1. The zero-order valence-corrected chi connectivity index (χ0v) is 10.7. The standard InChI is InChI=1S/C13H22N2O2/c1-9-12(10(2)17-15-9)8-16-13-6-4-3-5-11(13)7-14/h11,13H,3-8,14H2,1-2H3. The van der Waals surface area contributed by atoms with Crippen molar-refractivity contribution < 1.29 is 9.26 Å². The number of aromatic nitrogens is 1. The van der Waals surface area contributed by atoms with Crippen molar-refractivity contribution in [1.29, 1.82) is 0 Å². The molecule has 2 unspecified atom stereocenters. The maximum Gasteiger partial charge on any atom is 0.139 e. The molecule has 1 heterocycles. The number of rotatable bonds is 4. The highest BCUT2D eigenvalue weighted by Crippen LogP contribution is 2.27. The second-order valence-corrected chi connectivity index (χ2v) is 4.93. The first-order valence-corrected chi connectivity index (χ1v) is 6.45. The van der Waals surface area contributed by atoms with Gasteiger partial charge in [0.05, 0.1) is 18.4 Å². The summed E-state index contributed by atoms with van der Waals surface area (Å²) in [6, 6.07) is 0. The number of nitrogens with zero attached hydrogens (tertiary/aromatic N) is 1. The van der Waals surface area contributed by atoms with E-state index in [1.54, 1.807) is 0 Å². The van der Waals surface area contributed by atoms with Gasteiger partial charge in [-0.25, -0.2) is 0 Å². The Morgan fingerprint density at radius 1 is 1.35 bits per heavy atom. The molecular formula is C13H22N2O2. The van der Waals surface area contributed by atoms with E-state index in [1.807, 2.05) is 13.8 Å². The molecule has 17 heavy (non-hydrogen) atoms. The Labute approximate surface area is 102 Å². The first-order valence-electron chi connectivity index (χ1n) is 6.45. The van der Waals surface area contributed by atoms with E-state index in [2.05, 4.69) is 5.16 Å². The SMILES string of the molecule is Cc1noc(C)c1COC1CCCCC1CN. The van der Waals surface area contributed by atoms with Crippen LogP contribution in [0.25, 0.3) is 0 Å². The highest BCUT2D eigenvalue weighted by molar-refractivity contribution is 5.19. The van der Waals surface area contributed by atoms with Crippen LogP contribution in [-0.4, -0.2) is 17.8 Å². The molecule has 1 aliphatic carbocycles. The number of nitrogens with two attached hydrogens (primary N) is 1. The monoisotopic (exact) mass is 238 g/mol. The van der Waals surface area contributed by atoms with Gasteiger partial charge in [-0.1, -0.05) is 18.0 Å². The molecule has 1 aromatic heterocycles. The lowest BCUT2D eigenvalue weighted by Gasteiger charge is -2.30. The Hall–Kier alpha value is -0.870. The van der Waals surface area contributed by atoms with Crippen LogP contribution in [-0.2, 0) is 11.3 Å². The smallest absolute Gasteiger partial charge is 0.139 e.